The lowest BCUT2D eigenvalue weighted by molar-refractivity contribution is 0.618. The highest BCUT2D eigenvalue weighted by molar-refractivity contribution is 5.42. The van der Waals surface area contributed by atoms with Gasteiger partial charge in [-0.25, -0.2) is 0 Å². The first-order valence-electron chi connectivity index (χ1n) is 7.21. The van der Waals surface area contributed by atoms with Crippen LogP contribution in [0.4, 0.5) is 5.69 Å². The fraction of sp³-hybridized carbons (Fsp3) is 0.333. The zero-order valence-corrected chi connectivity index (χ0v) is 11.7. The summed E-state index contributed by atoms with van der Waals surface area (Å²) in [5.74, 6) is 0.494. The Balaban J connectivity index is 2.21. The van der Waals surface area contributed by atoms with Gasteiger partial charge >= 0.3 is 0 Å². The van der Waals surface area contributed by atoms with E-state index in [2.05, 4.69) is 49.4 Å². The number of nitrogens with two attached hydrogens (primary N) is 1. The molecule has 2 N–H and O–H groups in total. The average Bonchev–Trinajstić information content (AvgIpc) is 2.46. The first-order chi connectivity index (χ1) is 9.31. The van der Waals surface area contributed by atoms with Gasteiger partial charge in [-0.05, 0) is 29.7 Å². The molecule has 2 aromatic carbocycles. The van der Waals surface area contributed by atoms with Gasteiger partial charge in [0.25, 0.3) is 0 Å². The third kappa shape index (κ3) is 3.85. The fourth-order valence-corrected chi connectivity index (χ4v) is 2.54. The number of hydrogen-bond acceptors (Lipinski definition) is 1. The standard InChI is InChI=1S/C18H23N/c1-2-3-5-10-18(15-8-6-4-7-9-15)16-11-13-17(19)14-12-16/h4,6-9,11-14,18H,2-3,5,10,19H2,1H3. The molecule has 1 heteroatoms. The smallest absolute Gasteiger partial charge is 0.0314 e. The second-order valence-corrected chi connectivity index (χ2v) is 5.13. The molecule has 0 radical (unpaired) electrons. The molecule has 2 rings (SSSR count). The third-order valence-corrected chi connectivity index (χ3v) is 3.64. The van der Waals surface area contributed by atoms with Crippen LogP contribution in [0.15, 0.2) is 54.6 Å². The lowest BCUT2D eigenvalue weighted by atomic mass is 9.87. The number of rotatable bonds is 6. The molecule has 2 aromatic rings. The molecular weight excluding hydrogens is 230 g/mol. The molecule has 0 heterocycles. The summed E-state index contributed by atoms with van der Waals surface area (Å²) in [4.78, 5) is 0. The van der Waals surface area contributed by atoms with Gasteiger partial charge in [0.05, 0.1) is 0 Å². The second-order valence-electron chi connectivity index (χ2n) is 5.13. The van der Waals surface area contributed by atoms with Gasteiger partial charge in [0.2, 0.25) is 0 Å². The summed E-state index contributed by atoms with van der Waals surface area (Å²) in [5, 5.41) is 0. The number of unbranched alkanes of at least 4 members (excludes halogenated alkanes) is 2. The lowest BCUT2D eigenvalue weighted by Gasteiger charge is -2.18. The van der Waals surface area contributed by atoms with E-state index in [1.807, 2.05) is 12.1 Å². The maximum atomic E-state index is 5.79. The SMILES string of the molecule is CCCCCC(c1ccccc1)c1ccc(N)cc1. The average molecular weight is 253 g/mol. The van der Waals surface area contributed by atoms with Gasteiger partial charge in [-0.1, -0.05) is 68.7 Å². The molecule has 0 aliphatic carbocycles. The normalized spacial score (nSPS) is 12.3. The van der Waals surface area contributed by atoms with Crippen molar-refractivity contribution in [3.8, 4) is 0 Å². The summed E-state index contributed by atoms with van der Waals surface area (Å²) in [7, 11) is 0. The summed E-state index contributed by atoms with van der Waals surface area (Å²) in [5.41, 5.74) is 9.40. The highest BCUT2D eigenvalue weighted by atomic mass is 14.5. The molecule has 0 saturated heterocycles. The van der Waals surface area contributed by atoms with Crippen LogP contribution in [-0.2, 0) is 0 Å². The van der Waals surface area contributed by atoms with E-state index in [9.17, 15) is 0 Å². The van der Waals surface area contributed by atoms with Gasteiger partial charge in [0.15, 0.2) is 0 Å². The Kier molecular flexibility index (Phi) is 5.02. The molecular formula is C18H23N. The molecule has 19 heavy (non-hydrogen) atoms. The van der Waals surface area contributed by atoms with Crippen molar-refractivity contribution in [2.75, 3.05) is 5.73 Å². The van der Waals surface area contributed by atoms with Crippen molar-refractivity contribution in [3.05, 3.63) is 65.7 Å². The van der Waals surface area contributed by atoms with Gasteiger partial charge in [-0.2, -0.15) is 0 Å². The van der Waals surface area contributed by atoms with Crippen LogP contribution in [0, 0.1) is 0 Å². The molecule has 0 saturated carbocycles. The van der Waals surface area contributed by atoms with Crippen molar-refractivity contribution in [2.45, 2.75) is 38.5 Å². The Morgan fingerprint density at radius 2 is 1.47 bits per heavy atom. The van der Waals surface area contributed by atoms with E-state index in [0.717, 1.165) is 5.69 Å². The molecule has 0 spiro atoms. The number of benzene rings is 2. The van der Waals surface area contributed by atoms with Crippen LogP contribution in [0.3, 0.4) is 0 Å². The number of hydrogen-bond donors (Lipinski definition) is 1. The van der Waals surface area contributed by atoms with Gasteiger partial charge < -0.3 is 5.73 Å². The first-order valence-corrected chi connectivity index (χ1v) is 7.21. The zero-order valence-electron chi connectivity index (χ0n) is 11.7. The van der Waals surface area contributed by atoms with Crippen LogP contribution >= 0.6 is 0 Å². The number of anilines is 1. The van der Waals surface area contributed by atoms with Crippen LogP contribution in [0.1, 0.15) is 49.7 Å². The van der Waals surface area contributed by atoms with E-state index in [0.29, 0.717) is 5.92 Å². The largest absolute Gasteiger partial charge is 0.399 e. The Morgan fingerprint density at radius 3 is 2.11 bits per heavy atom. The lowest BCUT2D eigenvalue weighted by Crippen LogP contribution is -2.01. The van der Waals surface area contributed by atoms with Crippen LogP contribution in [-0.4, -0.2) is 0 Å². The maximum Gasteiger partial charge on any atom is 0.0314 e. The predicted molar refractivity (Wildman–Crippen MR) is 83.3 cm³/mol. The minimum absolute atomic E-state index is 0.494. The minimum atomic E-state index is 0.494. The summed E-state index contributed by atoms with van der Waals surface area (Å²) in [6, 6.07) is 19.1. The summed E-state index contributed by atoms with van der Waals surface area (Å²) >= 11 is 0. The molecule has 0 bridgehead atoms. The van der Waals surface area contributed by atoms with Crippen molar-refractivity contribution in [1.82, 2.24) is 0 Å². The predicted octanol–water partition coefficient (Wildman–Crippen LogP) is 4.98. The highest BCUT2D eigenvalue weighted by Crippen LogP contribution is 2.30. The fourth-order valence-electron chi connectivity index (χ4n) is 2.54. The molecule has 1 atom stereocenters. The quantitative estimate of drug-likeness (QED) is 0.570. The maximum absolute atomic E-state index is 5.79. The van der Waals surface area contributed by atoms with Crippen molar-refractivity contribution in [2.24, 2.45) is 0 Å². The second kappa shape index (κ2) is 6.98. The van der Waals surface area contributed by atoms with E-state index in [1.165, 1.54) is 36.8 Å². The van der Waals surface area contributed by atoms with E-state index in [1.54, 1.807) is 0 Å². The zero-order chi connectivity index (χ0) is 13.5. The molecule has 0 amide bonds. The van der Waals surface area contributed by atoms with Crippen molar-refractivity contribution < 1.29 is 0 Å². The summed E-state index contributed by atoms with van der Waals surface area (Å²) in [6.45, 7) is 2.25. The first kappa shape index (κ1) is 13.7. The molecule has 0 aliphatic heterocycles. The minimum Gasteiger partial charge on any atom is -0.399 e. The van der Waals surface area contributed by atoms with Crippen molar-refractivity contribution in [1.29, 1.82) is 0 Å². The van der Waals surface area contributed by atoms with Crippen LogP contribution < -0.4 is 5.73 Å². The van der Waals surface area contributed by atoms with Gasteiger partial charge in [0.1, 0.15) is 0 Å². The molecule has 100 valence electrons. The van der Waals surface area contributed by atoms with Crippen molar-refractivity contribution in [3.63, 3.8) is 0 Å². The highest BCUT2D eigenvalue weighted by Gasteiger charge is 2.13. The third-order valence-electron chi connectivity index (χ3n) is 3.64. The van der Waals surface area contributed by atoms with Crippen LogP contribution in [0.25, 0.3) is 0 Å². The van der Waals surface area contributed by atoms with Crippen LogP contribution in [0.5, 0.6) is 0 Å². The topological polar surface area (TPSA) is 26.0 Å². The Hall–Kier alpha value is -1.76. The summed E-state index contributed by atoms with van der Waals surface area (Å²) in [6.07, 6.45) is 5.06. The Morgan fingerprint density at radius 1 is 0.842 bits per heavy atom. The molecule has 1 unspecified atom stereocenters. The van der Waals surface area contributed by atoms with Crippen molar-refractivity contribution >= 4 is 5.69 Å². The van der Waals surface area contributed by atoms with Gasteiger partial charge in [-0.3, -0.25) is 0 Å². The Bertz CT molecular complexity index is 473. The van der Waals surface area contributed by atoms with Crippen LogP contribution in [0.2, 0.25) is 0 Å². The number of nitrogen functional groups attached to an aromatic ring is 1. The molecule has 0 aromatic heterocycles. The molecule has 0 fully saturated rings. The Labute approximate surface area is 116 Å². The monoisotopic (exact) mass is 253 g/mol. The van der Waals surface area contributed by atoms with E-state index in [4.69, 9.17) is 5.73 Å². The van der Waals surface area contributed by atoms with E-state index >= 15 is 0 Å². The van der Waals surface area contributed by atoms with E-state index < -0.39 is 0 Å². The molecule has 0 aliphatic rings. The van der Waals surface area contributed by atoms with E-state index in [-0.39, 0.29) is 0 Å². The van der Waals surface area contributed by atoms with Gasteiger partial charge in [-0.15, -0.1) is 0 Å². The molecule has 1 nitrogen and oxygen atoms in total. The van der Waals surface area contributed by atoms with Gasteiger partial charge in [0, 0.05) is 11.6 Å². The summed E-state index contributed by atoms with van der Waals surface area (Å²) < 4.78 is 0.